The van der Waals surface area contributed by atoms with Gasteiger partial charge in [0.05, 0.1) is 7.11 Å². The monoisotopic (exact) mass is 407 g/mol. The lowest BCUT2D eigenvalue weighted by Gasteiger charge is -2.36. The predicted molar refractivity (Wildman–Crippen MR) is 115 cm³/mol. The molecular formula is C23H25N3O4. The van der Waals surface area contributed by atoms with Crippen molar-refractivity contribution in [3.63, 3.8) is 0 Å². The predicted octanol–water partition coefficient (Wildman–Crippen LogP) is 2.79. The maximum Gasteiger partial charge on any atom is 0.339 e. The Hall–Kier alpha value is -3.35. The first-order valence-electron chi connectivity index (χ1n) is 10.1. The average Bonchev–Trinajstić information content (AvgIpc) is 2.79. The van der Waals surface area contributed by atoms with Gasteiger partial charge in [-0.3, -0.25) is 9.78 Å². The smallest absolute Gasteiger partial charge is 0.339 e. The van der Waals surface area contributed by atoms with Crippen LogP contribution < -0.4 is 15.3 Å². The third kappa shape index (κ3) is 4.01. The van der Waals surface area contributed by atoms with Gasteiger partial charge in [0.15, 0.2) is 0 Å². The number of hydrogen-bond donors (Lipinski definition) is 0. The van der Waals surface area contributed by atoms with Gasteiger partial charge in [-0.05, 0) is 43.2 Å². The maximum atomic E-state index is 12.7. The Morgan fingerprint density at radius 2 is 1.87 bits per heavy atom. The third-order valence-electron chi connectivity index (χ3n) is 5.74. The van der Waals surface area contributed by atoms with Crippen LogP contribution in [0.25, 0.3) is 11.0 Å². The van der Waals surface area contributed by atoms with Crippen molar-refractivity contribution in [1.82, 2.24) is 9.88 Å². The van der Waals surface area contributed by atoms with Crippen LogP contribution in [0.5, 0.6) is 5.75 Å². The number of aromatic nitrogens is 1. The van der Waals surface area contributed by atoms with Crippen LogP contribution >= 0.6 is 0 Å². The van der Waals surface area contributed by atoms with Crippen molar-refractivity contribution in [2.75, 3.05) is 38.2 Å². The largest absolute Gasteiger partial charge is 0.497 e. The molecule has 0 spiro atoms. The average molecular weight is 407 g/mol. The van der Waals surface area contributed by atoms with Gasteiger partial charge in [-0.15, -0.1) is 0 Å². The molecule has 1 saturated heterocycles. The molecule has 3 heterocycles. The van der Waals surface area contributed by atoms with E-state index in [1.807, 2.05) is 36.1 Å². The number of amides is 1. The van der Waals surface area contributed by atoms with E-state index in [1.165, 1.54) is 0 Å². The van der Waals surface area contributed by atoms with E-state index in [0.29, 0.717) is 42.8 Å². The second kappa shape index (κ2) is 8.57. The molecule has 30 heavy (non-hydrogen) atoms. The Morgan fingerprint density at radius 3 is 2.57 bits per heavy atom. The van der Waals surface area contributed by atoms with E-state index in [0.717, 1.165) is 29.7 Å². The number of benzene rings is 1. The highest BCUT2D eigenvalue weighted by Gasteiger charge is 2.22. The minimum atomic E-state index is -0.386. The summed E-state index contributed by atoms with van der Waals surface area (Å²) in [7, 11) is 1.57. The minimum absolute atomic E-state index is 0.0676. The molecule has 7 heteroatoms. The van der Waals surface area contributed by atoms with E-state index < -0.39 is 0 Å². The van der Waals surface area contributed by atoms with E-state index in [1.54, 1.807) is 25.6 Å². The Morgan fingerprint density at radius 1 is 1.13 bits per heavy atom. The van der Waals surface area contributed by atoms with Crippen molar-refractivity contribution in [2.45, 2.75) is 19.8 Å². The summed E-state index contributed by atoms with van der Waals surface area (Å²) in [5, 5.41) is 0.865. The van der Waals surface area contributed by atoms with Crippen LogP contribution in [0.15, 0.2) is 51.9 Å². The van der Waals surface area contributed by atoms with Gasteiger partial charge >= 0.3 is 5.63 Å². The van der Waals surface area contributed by atoms with Crippen LogP contribution in [0.2, 0.25) is 0 Å². The lowest BCUT2D eigenvalue weighted by atomic mass is 10.0. The maximum absolute atomic E-state index is 12.7. The van der Waals surface area contributed by atoms with Crippen LogP contribution in [0, 0.1) is 6.92 Å². The van der Waals surface area contributed by atoms with Gasteiger partial charge in [0, 0.05) is 67.7 Å². The first-order chi connectivity index (χ1) is 14.6. The molecule has 1 fully saturated rings. The van der Waals surface area contributed by atoms with E-state index in [-0.39, 0.29) is 11.5 Å². The molecule has 156 valence electrons. The summed E-state index contributed by atoms with van der Waals surface area (Å²) in [5.41, 5.74) is 2.66. The lowest BCUT2D eigenvalue weighted by Crippen LogP contribution is -2.48. The molecule has 0 unspecified atom stereocenters. The summed E-state index contributed by atoms with van der Waals surface area (Å²) in [5.74, 6) is 0.705. The summed E-state index contributed by atoms with van der Waals surface area (Å²) in [4.78, 5) is 33.4. The summed E-state index contributed by atoms with van der Waals surface area (Å²) in [6.45, 7) is 4.82. The quantitative estimate of drug-likeness (QED) is 0.606. The standard InChI is InChI=1S/C23H25N3O4/c1-16-19-4-3-18(29-2)15-21(19)30-23(28)20(16)5-6-22(27)26-13-11-25(12-14-26)17-7-9-24-10-8-17/h3-4,7-10,15H,5-6,11-14H2,1-2H3. The molecule has 3 aromatic rings. The van der Waals surface area contributed by atoms with Gasteiger partial charge in [-0.1, -0.05) is 0 Å². The summed E-state index contributed by atoms with van der Waals surface area (Å²) >= 11 is 0. The van der Waals surface area contributed by atoms with Gasteiger partial charge in [-0.2, -0.15) is 0 Å². The second-order valence-corrected chi connectivity index (χ2v) is 7.43. The number of aryl methyl sites for hydroxylation is 1. The minimum Gasteiger partial charge on any atom is -0.497 e. The van der Waals surface area contributed by atoms with Crippen LogP contribution in [0.1, 0.15) is 17.5 Å². The number of methoxy groups -OCH3 is 1. The number of hydrogen-bond acceptors (Lipinski definition) is 6. The number of anilines is 1. The molecule has 1 aromatic carbocycles. The van der Waals surface area contributed by atoms with Gasteiger partial charge in [0.25, 0.3) is 0 Å². The van der Waals surface area contributed by atoms with Crippen LogP contribution in [-0.4, -0.2) is 49.1 Å². The molecule has 7 nitrogen and oxygen atoms in total. The molecule has 1 aliphatic heterocycles. The highest BCUT2D eigenvalue weighted by Crippen LogP contribution is 2.24. The fraction of sp³-hybridized carbons (Fsp3) is 0.348. The van der Waals surface area contributed by atoms with Crippen LogP contribution in [0.4, 0.5) is 5.69 Å². The number of carbonyl (C=O) groups excluding carboxylic acids is 1. The van der Waals surface area contributed by atoms with Crippen molar-refractivity contribution in [3.8, 4) is 5.75 Å². The van der Waals surface area contributed by atoms with E-state index in [2.05, 4.69) is 9.88 Å². The Labute approximate surface area is 174 Å². The first kappa shape index (κ1) is 19.9. The Balaban J connectivity index is 1.41. The molecule has 0 saturated carbocycles. The summed E-state index contributed by atoms with van der Waals surface area (Å²) in [6.07, 6.45) is 4.23. The Kier molecular flexibility index (Phi) is 5.70. The van der Waals surface area contributed by atoms with E-state index in [4.69, 9.17) is 9.15 Å². The third-order valence-corrected chi connectivity index (χ3v) is 5.74. The normalized spacial score (nSPS) is 14.2. The molecule has 1 aliphatic rings. The number of nitrogens with zero attached hydrogens (tertiary/aromatic N) is 3. The molecule has 0 bridgehead atoms. The first-order valence-corrected chi connectivity index (χ1v) is 10.1. The van der Waals surface area contributed by atoms with Crippen molar-refractivity contribution in [2.24, 2.45) is 0 Å². The molecular weight excluding hydrogens is 382 g/mol. The molecule has 0 N–H and O–H groups in total. The van der Waals surface area contributed by atoms with Crippen molar-refractivity contribution in [1.29, 1.82) is 0 Å². The number of carbonyl (C=O) groups is 1. The summed E-state index contributed by atoms with van der Waals surface area (Å²) in [6, 6.07) is 9.40. The highest BCUT2D eigenvalue weighted by molar-refractivity contribution is 5.83. The molecule has 0 aliphatic carbocycles. The number of rotatable bonds is 5. The lowest BCUT2D eigenvalue weighted by molar-refractivity contribution is -0.131. The van der Waals surface area contributed by atoms with Crippen molar-refractivity contribution >= 4 is 22.6 Å². The number of pyridine rings is 1. The zero-order valence-electron chi connectivity index (χ0n) is 17.3. The fourth-order valence-corrected chi connectivity index (χ4v) is 3.95. The molecule has 1 amide bonds. The van der Waals surface area contributed by atoms with E-state index >= 15 is 0 Å². The van der Waals surface area contributed by atoms with Crippen molar-refractivity contribution < 1.29 is 13.9 Å². The Bertz CT molecular complexity index is 1100. The van der Waals surface area contributed by atoms with Gasteiger partial charge in [-0.25, -0.2) is 4.79 Å². The summed E-state index contributed by atoms with van der Waals surface area (Å²) < 4.78 is 10.7. The molecule has 4 rings (SSSR count). The zero-order valence-corrected chi connectivity index (χ0v) is 17.3. The zero-order chi connectivity index (χ0) is 21.1. The van der Waals surface area contributed by atoms with Crippen LogP contribution in [-0.2, 0) is 11.2 Å². The van der Waals surface area contributed by atoms with Crippen LogP contribution in [0.3, 0.4) is 0 Å². The number of ether oxygens (including phenoxy) is 1. The molecule has 0 radical (unpaired) electrons. The van der Waals surface area contributed by atoms with Gasteiger partial charge in [0.2, 0.25) is 5.91 Å². The topological polar surface area (TPSA) is 75.9 Å². The number of fused-ring (bicyclic) bond motifs is 1. The van der Waals surface area contributed by atoms with E-state index in [9.17, 15) is 9.59 Å². The second-order valence-electron chi connectivity index (χ2n) is 7.43. The van der Waals surface area contributed by atoms with Gasteiger partial charge in [0.1, 0.15) is 11.3 Å². The number of piperazine rings is 1. The fourth-order valence-electron chi connectivity index (χ4n) is 3.95. The van der Waals surface area contributed by atoms with Crippen molar-refractivity contribution in [3.05, 3.63) is 64.3 Å². The highest BCUT2D eigenvalue weighted by atomic mass is 16.5. The molecule has 2 aromatic heterocycles. The SMILES string of the molecule is COc1ccc2c(C)c(CCC(=O)N3CCN(c4ccncc4)CC3)c(=O)oc2c1. The van der Waals surface area contributed by atoms with Gasteiger partial charge < -0.3 is 19.0 Å². The molecule has 0 atom stereocenters.